The van der Waals surface area contributed by atoms with Crippen LogP contribution in [0.2, 0.25) is 0 Å². The molecule has 0 radical (unpaired) electrons. The van der Waals surface area contributed by atoms with Gasteiger partial charge in [0.1, 0.15) is 6.61 Å². The molecular weight excluding hydrogens is 254 g/mol. The molecule has 4 nitrogen and oxygen atoms in total. The van der Waals surface area contributed by atoms with Gasteiger partial charge >= 0.3 is 0 Å². The van der Waals surface area contributed by atoms with Crippen molar-refractivity contribution in [1.29, 1.82) is 0 Å². The fraction of sp³-hybridized carbons (Fsp3) is 0.625. The monoisotopic (exact) mass is 279 g/mol. The Labute approximate surface area is 121 Å². The van der Waals surface area contributed by atoms with Crippen LogP contribution >= 0.6 is 0 Å². The highest BCUT2D eigenvalue weighted by Crippen LogP contribution is 2.28. The van der Waals surface area contributed by atoms with Crippen molar-refractivity contribution in [3.63, 3.8) is 0 Å². The molecule has 1 aromatic carbocycles. The van der Waals surface area contributed by atoms with Gasteiger partial charge in [0.15, 0.2) is 11.5 Å². The van der Waals surface area contributed by atoms with Crippen LogP contribution in [-0.2, 0) is 11.3 Å². The lowest BCUT2D eigenvalue weighted by Crippen LogP contribution is -2.15. The summed E-state index contributed by atoms with van der Waals surface area (Å²) in [6.07, 6.45) is 3.64. The number of ether oxygens (including phenoxy) is 3. The van der Waals surface area contributed by atoms with Crippen LogP contribution in [0.1, 0.15) is 31.7 Å². The average Bonchev–Trinajstić information content (AvgIpc) is 3.29. The molecule has 0 heterocycles. The van der Waals surface area contributed by atoms with Crippen LogP contribution < -0.4 is 14.8 Å². The van der Waals surface area contributed by atoms with E-state index in [1.54, 1.807) is 7.11 Å². The first-order valence-electron chi connectivity index (χ1n) is 7.44. The zero-order chi connectivity index (χ0) is 14.2. The Morgan fingerprint density at radius 2 is 2.00 bits per heavy atom. The second kappa shape index (κ2) is 8.12. The predicted octanol–water partition coefficient (Wildman–Crippen LogP) is 2.75. The van der Waals surface area contributed by atoms with Gasteiger partial charge in [-0.05, 0) is 37.0 Å². The quantitative estimate of drug-likeness (QED) is 0.669. The Morgan fingerprint density at radius 1 is 1.15 bits per heavy atom. The summed E-state index contributed by atoms with van der Waals surface area (Å²) in [5.41, 5.74) is 1.23. The van der Waals surface area contributed by atoms with Crippen molar-refractivity contribution < 1.29 is 14.2 Å². The molecule has 20 heavy (non-hydrogen) atoms. The summed E-state index contributed by atoms with van der Waals surface area (Å²) in [6, 6.07) is 6.81. The van der Waals surface area contributed by atoms with Gasteiger partial charge in [0.25, 0.3) is 0 Å². The van der Waals surface area contributed by atoms with Gasteiger partial charge in [0.05, 0.1) is 13.7 Å². The van der Waals surface area contributed by atoms with Crippen LogP contribution in [0, 0.1) is 0 Å². The molecule has 2 rings (SSSR count). The molecule has 4 heteroatoms. The van der Waals surface area contributed by atoms with Crippen molar-refractivity contribution >= 4 is 0 Å². The molecule has 1 saturated carbocycles. The first-order valence-corrected chi connectivity index (χ1v) is 7.44. The summed E-state index contributed by atoms with van der Waals surface area (Å²) >= 11 is 0. The third kappa shape index (κ3) is 5.02. The highest BCUT2D eigenvalue weighted by molar-refractivity contribution is 5.43. The molecule has 0 amide bonds. The standard InChI is InChI=1S/C16H25NO3/c1-3-8-19-9-10-20-15-7-4-13(11-16(15)18-2)12-17-14-5-6-14/h4,7,11,14,17H,3,5-6,8-10,12H2,1-2H3. The molecule has 0 atom stereocenters. The lowest BCUT2D eigenvalue weighted by Gasteiger charge is -2.12. The van der Waals surface area contributed by atoms with Crippen LogP contribution in [0.5, 0.6) is 11.5 Å². The summed E-state index contributed by atoms with van der Waals surface area (Å²) in [4.78, 5) is 0. The summed E-state index contributed by atoms with van der Waals surface area (Å²) < 4.78 is 16.5. The molecular formula is C16H25NO3. The summed E-state index contributed by atoms with van der Waals surface area (Å²) in [5.74, 6) is 1.57. The van der Waals surface area contributed by atoms with Crippen LogP contribution in [0.15, 0.2) is 18.2 Å². The van der Waals surface area contributed by atoms with E-state index in [2.05, 4.69) is 18.3 Å². The third-order valence-corrected chi connectivity index (χ3v) is 3.23. The maximum absolute atomic E-state index is 5.70. The molecule has 1 N–H and O–H groups in total. The van der Waals surface area contributed by atoms with E-state index in [9.17, 15) is 0 Å². The molecule has 0 spiro atoms. The molecule has 1 aliphatic carbocycles. The second-order valence-corrected chi connectivity index (χ2v) is 5.10. The van der Waals surface area contributed by atoms with E-state index in [0.29, 0.717) is 19.3 Å². The summed E-state index contributed by atoms with van der Waals surface area (Å²) in [7, 11) is 1.67. The highest BCUT2D eigenvalue weighted by Gasteiger charge is 2.20. The minimum Gasteiger partial charge on any atom is -0.493 e. The number of hydrogen-bond donors (Lipinski definition) is 1. The van der Waals surface area contributed by atoms with E-state index in [1.165, 1.54) is 18.4 Å². The number of nitrogens with one attached hydrogen (secondary N) is 1. The Hall–Kier alpha value is -1.26. The van der Waals surface area contributed by atoms with Crippen molar-refractivity contribution in [3.05, 3.63) is 23.8 Å². The van der Waals surface area contributed by atoms with E-state index in [4.69, 9.17) is 14.2 Å². The largest absolute Gasteiger partial charge is 0.493 e. The Balaban J connectivity index is 1.81. The van der Waals surface area contributed by atoms with Crippen molar-refractivity contribution in [2.24, 2.45) is 0 Å². The fourth-order valence-corrected chi connectivity index (χ4v) is 1.95. The topological polar surface area (TPSA) is 39.7 Å². The van der Waals surface area contributed by atoms with Gasteiger partial charge in [-0.25, -0.2) is 0 Å². The Morgan fingerprint density at radius 3 is 2.70 bits per heavy atom. The SMILES string of the molecule is CCCOCCOc1ccc(CNC2CC2)cc1OC. The van der Waals surface area contributed by atoms with E-state index < -0.39 is 0 Å². The molecule has 0 bridgehead atoms. The summed E-state index contributed by atoms with van der Waals surface area (Å²) in [5, 5.41) is 3.49. The van der Waals surface area contributed by atoms with E-state index in [0.717, 1.165) is 31.1 Å². The van der Waals surface area contributed by atoms with Gasteiger partial charge < -0.3 is 19.5 Å². The highest BCUT2D eigenvalue weighted by atomic mass is 16.5. The van der Waals surface area contributed by atoms with E-state index in [-0.39, 0.29) is 0 Å². The first kappa shape index (κ1) is 15.1. The molecule has 0 unspecified atom stereocenters. The van der Waals surface area contributed by atoms with Gasteiger partial charge in [-0.3, -0.25) is 0 Å². The van der Waals surface area contributed by atoms with Crippen molar-refractivity contribution in [3.8, 4) is 11.5 Å². The smallest absolute Gasteiger partial charge is 0.161 e. The molecule has 0 aliphatic heterocycles. The third-order valence-electron chi connectivity index (χ3n) is 3.23. The normalized spacial score (nSPS) is 14.3. The zero-order valence-corrected chi connectivity index (χ0v) is 12.5. The van der Waals surface area contributed by atoms with Gasteiger partial charge in [-0.15, -0.1) is 0 Å². The lowest BCUT2D eigenvalue weighted by molar-refractivity contribution is 0.0995. The van der Waals surface area contributed by atoms with Gasteiger partial charge in [0, 0.05) is 19.2 Å². The predicted molar refractivity (Wildman–Crippen MR) is 79.5 cm³/mol. The number of rotatable bonds is 10. The maximum Gasteiger partial charge on any atom is 0.161 e. The van der Waals surface area contributed by atoms with Crippen LogP contribution in [0.25, 0.3) is 0 Å². The molecule has 112 valence electrons. The molecule has 0 aromatic heterocycles. The zero-order valence-electron chi connectivity index (χ0n) is 12.5. The second-order valence-electron chi connectivity index (χ2n) is 5.10. The van der Waals surface area contributed by atoms with Gasteiger partial charge in [-0.1, -0.05) is 13.0 Å². The van der Waals surface area contributed by atoms with Crippen LogP contribution in [0.4, 0.5) is 0 Å². The minimum atomic E-state index is 0.552. The van der Waals surface area contributed by atoms with E-state index in [1.807, 2.05) is 12.1 Å². The number of methoxy groups -OCH3 is 1. The lowest BCUT2D eigenvalue weighted by atomic mass is 10.2. The maximum atomic E-state index is 5.70. The Bertz CT molecular complexity index is 405. The van der Waals surface area contributed by atoms with Crippen molar-refractivity contribution in [1.82, 2.24) is 5.32 Å². The molecule has 0 saturated heterocycles. The first-order chi connectivity index (χ1) is 9.83. The Kier molecular flexibility index (Phi) is 6.15. The molecule has 1 aliphatic rings. The van der Waals surface area contributed by atoms with Crippen LogP contribution in [0.3, 0.4) is 0 Å². The van der Waals surface area contributed by atoms with Crippen LogP contribution in [-0.4, -0.2) is 33.0 Å². The van der Waals surface area contributed by atoms with Crippen molar-refractivity contribution in [2.45, 2.75) is 38.8 Å². The van der Waals surface area contributed by atoms with Gasteiger partial charge in [0.2, 0.25) is 0 Å². The number of hydrogen-bond acceptors (Lipinski definition) is 4. The number of benzene rings is 1. The molecule has 1 fully saturated rings. The summed E-state index contributed by atoms with van der Waals surface area (Å²) in [6.45, 7) is 4.93. The van der Waals surface area contributed by atoms with E-state index >= 15 is 0 Å². The molecule has 1 aromatic rings. The fourth-order valence-electron chi connectivity index (χ4n) is 1.95. The minimum absolute atomic E-state index is 0.552. The van der Waals surface area contributed by atoms with Crippen molar-refractivity contribution in [2.75, 3.05) is 26.9 Å². The average molecular weight is 279 g/mol. The van der Waals surface area contributed by atoms with Gasteiger partial charge in [-0.2, -0.15) is 0 Å².